The third-order valence-electron chi connectivity index (χ3n) is 4.16. The van der Waals surface area contributed by atoms with Crippen molar-refractivity contribution >= 4 is 52.9 Å². The van der Waals surface area contributed by atoms with Gasteiger partial charge in [0.2, 0.25) is 0 Å². The first-order valence-corrected chi connectivity index (χ1v) is 9.50. The van der Waals surface area contributed by atoms with E-state index in [0.29, 0.717) is 33.6 Å². The summed E-state index contributed by atoms with van der Waals surface area (Å²) in [6.07, 6.45) is 0.485. The van der Waals surface area contributed by atoms with Crippen LogP contribution in [0.25, 0.3) is 0 Å². The molecule has 0 amide bonds. The first-order chi connectivity index (χ1) is 12.0. The van der Waals surface area contributed by atoms with Gasteiger partial charge in [-0.25, -0.2) is 9.78 Å². The van der Waals surface area contributed by atoms with Gasteiger partial charge in [0.1, 0.15) is 4.88 Å². The molecule has 2 aromatic rings. The first-order valence-electron chi connectivity index (χ1n) is 7.92. The van der Waals surface area contributed by atoms with Gasteiger partial charge in [0.25, 0.3) is 0 Å². The molecule has 1 aromatic carbocycles. The Labute approximate surface area is 172 Å². The van der Waals surface area contributed by atoms with Crippen molar-refractivity contribution in [3.05, 3.63) is 49.4 Å². The van der Waals surface area contributed by atoms with Crippen LogP contribution in [0.3, 0.4) is 0 Å². The Kier molecular flexibility index (Phi) is 7.70. The van der Waals surface area contributed by atoms with Crippen LogP contribution >= 0.6 is 46.9 Å². The third-order valence-corrected chi connectivity index (χ3v) is 6.06. The fraction of sp³-hybridized carbons (Fsp3) is 0.412. The summed E-state index contributed by atoms with van der Waals surface area (Å²) in [5.41, 5.74) is 1.52. The largest absolute Gasteiger partial charge is 0.477 e. The van der Waals surface area contributed by atoms with Crippen molar-refractivity contribution in [1.29, 1.82) is 0 Å². The van der Waals surface area contributed by atoms with Gasteiger partial charge >= 0.3 is 5.97 Å². The van der Waals surface area contributed by atoms with Gasteiger partial charge in [0.15, 0.2) is 0 Å². The van der Waals surface area contributed by atoms with E-state index in [4.69, 9.17) is 27.9 Å². The molecule has 1 fully saturated rings. The van der Waals surface area contributed by atoms with Crippen molar-refractivity contribution in [3.63, 3.8) is 0 Å². The quantitative estimate of drug-likeness (QED) is 0.742. The van der Waals surface area contributed by atoms with Crippen molar-refractivity contribution < 1.29 is 14.6 Å². The van der Waals surface area contributed by atoms with Crippen molar-refractivity contribution in [2.75, 3.05) is 19.7 Å². The second kappa shape index (κ2) is 9.35. The fourth-order valence-electron chi connectivity index (χ4n) is 2.99. The molecule has 0 saturated carbocycles. The van der Waals surface area contributed by atoms with E-state index in [1.807, 2.05) is 12.1 Å². The maximum absolute atomic E-state index is 11.2. The van der Waals surface area contributed by atoms with Gasteiger partial charge in [-0.3, -0.25) is 0 Å². The molecule has 26 heavy (non-hydrogen) atoms. The number of ether oxygens (including phenoxy) is 1. The second-order valence-electron chi connectivity index (χ2n) is 5.96. The molecule has 3 rings (SSSR count). The molecule has 0 aliphatic carbocycles. The number of nitrogens with one attached hydrogen (secondary N) is 1. The second-order valence-corrected chi connectivity index (χ2v) is 7.86. The summed E-state index contributed by atoms with van der Waals surface area (Å²) < 4.78 is 6.05. The number of thiazole rings is 1. The van der Waals surface area contributed by atoms with E-state index in [0.717, 1.165) is 23.7 Å². The molecule has 1 aliphatic heterocycles. The molecule has 0 spiro atoms. The van der Waals surface area contributed by atoms with Crippen LogP contribution in [0.15, 0.2) is 18.2 Å². The molecule has 2 atom stereocenters. The van der Waals surface area contributed by atoms with Gasteiger partial charge in [-0.2, -0.15) is 0 Å². The summed E-state index contributed by atoms with van der Waals surface area (Å²) in [5.74, 6) is -0.815. The number of hydrogen-bond donors (Lipinski definition) is 2. The first kappa shape index (κ1) is 21.4. The number of nitrogens with zero attached hydrogens (tertiary/aromatic N) is 1. The van der Waals surface area contributed by atoms with Gasteiger partial charge in [0.05, 0.1) is 33.5 Å². The number of benzene rings is 1. The van der Waals surface area contributed by atoms with E-state index in [9.17, 15) is 9.90 Å². The highest BCUT2D eigenvalue weighted by Crippen LogP contribution is 2.34. The van der Waals surface area contributed by atoms with E-state index in [1.54, 1.807) is 13.0 Å². The summed E-state index contributed by atoms with van der Waals surface area (Å²) in [4.78, 5) is 16.0. The molecule has 5 nitrogen and oxygen atoms in total. The van der Waals surface area contributed by atoms with Crippen LogP contribution in [0.1, 0.15) is 32.0 Å². The highest BCUT2D eigenvalue weighted by molar-refractivity contribution is 7.13. The Morgan fingerprint density at radius 2 is 2.19 bits per heavy atom. The van der Waals surface area contributed by atoms with Crippen LogP contribution in [-0.2, 0) is 11.2 Å². The number of carboxylic acid groups (broad SMARTS) is 1. The Balaban J connectivity index is 0.00000243. The lowest BCUT2D eigenvalue weighted by molar-refractivity contribution is 0.0307. The zero-order chi connectivity index (χ0) is 18.0. The fourth-order valence-corrected chi connectivity index (χ4v) is 4.29. The normalized spacial score (nSPS) is 20.3. The standard InChI is InChI=1S/C17H18Cl2N2O3S.ClH/c1-9-16(17(22)23)25-14(21-9)7-11-8-20-4-5-24-15(11)10-2-3-12(18)13(19)6-10;/h2-3,6,11,15,20H,4-5,7-8H2,1H3,(H,22,23);1H/t11-,15+;/m1./s1. The zero-order valence-corrected chi connectivity index (χ0v) is 17.1. The molecular weight excluding hydrogens is 419 g/mol. The molecule has 2 heterocycles. The maximum Gasteiger partial charge on any atom is 0.347 e. The lowest BCUT2D eigenvalue weighted by atomic mass is 9.93. The summed E-state index contributed by atoms with van der Waals surface area (Å²) in [6, 6.07) is 5.53. The summed E-state index contributed by atoms with van der Waals surface area (Å²) in [6.45, 7) is 3.85. The lowest BCUT2D eigenvalue weighted by Crippen LogP contribution is -2.26. The van der Waals surface area contributed by atoms with E-state index < -0.39 is 5.97 Å². The number of rotatable bonds is 4. The summed E-state index contributed by atoms with van der Waals surface area (Å²) in [5, 5.41) is 14.4. The van der Waals surface area contributed by atoms with Gasteiger partial charge in [0, 0.05) is 25.4 Å². The van der Waals surface area contributed by atoms with Crippen molar-refractivity contribution in [2.24, 2.45) is 5.92 Å². The molecule has 0 radical (unpaired) electrons. The van der Waals surface area contributed by atoms with Gasteiger partial charge < -0.3 is 15.2 Å². The predicted octanol–water partition coefficient (Wildman–Crippen LogP) is 4.40. The third kappa shape index (κ3) is 4.88. The minimum absolute atomic E-state index is 0. The number of aryl methyl sites for hydroxylation is 1. The Morgan fingerprint density at radius 1 is 1.42 bits per heavy atom. The molecule has 1 aromatic heterocycles. The van der Waals surface area contributed by atoms with Crippen molar-refractivity contribution in [1.82, 2.24) is 10.3 Å². The summed E-state index contributed by atoms with van der Waals surface area (Å²) in [7, 11) is 0. The molecule has 1 saturated heterocycles. The number of hydrogen-bond acceptors (Lipinski definition) is 5. The maximum atomic E-state index is 11.2. The van der Waals surface area contributed by atoms with E-state index in [2.05, 4.69) is 10.3 Å². The topological polar surface area (TPSA) is 71.5 Å². The van der Waals surface area contributed by atoms with Gasteiger partial charge in [-0.05, 0) is 24.6 Å². The van der Waals surface area contributed by atoms with Crippen LogP contribution in [0.5, 0.6) is 0 Å². The molecule has 1 aliphatic rings. The van der Waals surface area contributed by atoms with Crippen LogP contribution in [0.2, 0.25) is 10.0 Å². The highest BCUT2D eigenvalue weighted by atomic mass is 35.5. The highest BCUT2D eigenvalue weighted by Gasteiger charge is 2.28. The van der Waals surface area contributed by atoms with Gasteiger partial charge in [-0.1, -0.05) is 29.3 Å². The average molecular weight is 438 g/mol. The molecule has 9 heteroatoms. The smallest absolute Gasteiger partial charge is 0.347 e. The van der Waals surface area contributed by atoms with Crippen LogP contribution in [-0.4, -0.2) is 35.8 Å². The number of halogens is 3. The number of carboxylic acids is 1. The molecule has 0 bridgehead atoms. The number of aromatic nitrogens is 1. The Morgan fingerprint density at radius 3 is 2.85 bits per heavy atom. The average Bonchev–Trinajstić information content (AvgIpc) is 2.78. The predicted molar refractivity (Wildman–Crippen MR) is 106 cm³/mol. The molecule has 0 unspecified atom stereocenters. The Hall–Kier alpha value is -0.890. The zero-order valence-electron chi connectivity index (χ0n) is 14.0. The van der Waals surface area contributed by atoms with E-state index in [-0.39, 0.29) is 24.4 Å². The van der Waals surface area contributed by atoms with Crippen LogP contribution in [0, 0.1) is 12.8 Å². The van der Waals surface area contributed by atoms with Gasteiger partial charge in [-0.15, -0.1) is 23.7 Å². The van der Waals surface area contributed by atoms with E-state index >= 15 is 0 Å². The van der Waals surface area contributed by atoms with E-state index in [1.165, 1.54) is 11.3 Å². The van der Waals surface area contributed by atoms with Crippen LogP contribution in [0.4, 0.5) is 0 Å². The monoisotopic (exact) mass is 436 g/mol. The SMILES string of the molecule is Cc1nc(C[C@@H]2CNCCO[C@H]2c2ccc(Cl)c(Cl)c2)sc1C(=O)O.Cl. The lowest BCUT2D eigenvalue weighted by Gasteiger charge is -2.24. The van der Waals surface area contributed by atoms with Crippen LogP contribution < -0.4 is 5.32 Å². The molecule has 142 valence electrons. The minimum Gasteiger partial charge on any atom is -0.477 e. The molecule has 2 N–H and O–H groups in total. The Bertz CT molecular complexity index is 785. The van der Waals surface area contributed by atoms with Crippen molar-refractivity contribution in [3.8, 4) is 0 Å². The van der Waals surface area contributed by atoms with Crippen molar-refractivity contribution in [2.45, 2.75) is 19.4 Å². The number of carbonyl (C=O) groups is 1. The minimum atomic E-state index is -0.933. The summed E-state index contributed by atoms with van der Waals surface area (Å²) >= 11 is 13.4. The molecular formula is C17H19Cl3N2O3S. The number of aromatic carboxylic acids is 1.